The summed E-state index contributed by atoms with van der Waals surface area (Å²) in [5, 5.41) is 2.77. The van der Waals surface area contributed by atoms with Crippen molar-refractivity contribution < 1.29 is 9.53 Å². The third-order valence-corrected chi connectivity index (χ3v) is 3.11. The minimum atomic E-state index is -0.104. The number of halogens is 1. The van der Waals surface area contributed by atoms with E-state index in [2.05, 4.69) is 21.2 Å². The number of carbonyl (C=O) groups is 1. The van der Waals surface area contributed by atoms with Crippen molar-refractivity contribution in [1.82, 2.24) is 0 Å². The van der Waals surface area contributed by atoms with Crippen LogP contribution in [0.2, 0.25) is 0 Å². The first kappa shape index (κ1) is 14.4. The SMILES string of the molecule is Nc1cccc(NC(=O)CCOc2ccc(Br)cc2)c1. The summed E-state index contributed by atoms with van der Waals surface area (Å²) in [5.41, 5.74) is 6.96. The van der Waals surface area contributed by atoms with Crippen molar-refractivity contribution in [1.29, 1.82) is 0 Å². The molecule has 0 aliphatic rings. The molecular formula is C15H15BrN2O2. The summed E-state index contributed by atoms with van der Waals surface area (Å²) >= 11 is 3.35. The number of rotatable bonds is 5. The lowest BCUT2D eigenvalue weighted by Crippen LogP contribution is -2.15. The number of nitrogen functional groups attached to an aromatic ring is 1. The van der Waals surface area contributed by atoms with Gasteiger partial charge in [-0.2, -0.15) is 0 Å². The van der Waals surface area contributed by atoms with Crippen LogP contribution in [0.4, 0.5) is 11.4 Å². The smallest absolute Gasteiger partial charge is 0.227 e. The summed E-state index contributed by atoms with van der Waals surface area (Å²) in [7, 11) is 0. The molecule has 2 aromatic carbocycles. The van der Waals surface area contributed by atoms with Gasteiger partial charge in [0, 0.05) is 15.8 Å². The summed E-state index contributed by atoms with van der Waals surface area (Å²) in [6, 6.07) is 14.6. The summed E-state index contributed by atoms with van der Waals surface area (Å²) < 4.78 is 6.48. The van der Waals surface area contributed by atoms with Crippen LogP contribution >= 0.6 is 15.9 Å². The van der Waals surface area contributed by atoms with Crippen LogP contribution in [0.5, 0.6) is 5.75 Å². The number of ether oxygens (including phenoxy) is 1. The molecule has 0 aliphatic heterocycles. The summed E-state index contributed by atoms with van der Waals surface area (Å²) in [6.45, 7) is 0.329. The van der Waals surface area contributed by atoms with E-state index in [1.807, 2.05) is 24.3 Å². The van der Waals surface area contributed by atoms with E-state index >= 15 is 0 Å². The van der Waals surface area contributed by atoms with Crippen LogP contribution in [0, 0.1) is 0 Å². The Labute approximate surface area is 126 Å². The van der Waals surface area contributed by atoms with Crippen molar-refractivity contribution in [3.63, 3.8) is 0 Å². The zero-order valence-corrected chi connectivity index (χ0v) is 12.4. The molecule has 5 heteroatoms. The van der Waals surface area contributed by atoms with Gasteiger partial charge < -0.3 is 15.8 Å². The Bertz CT molecular complexity index is 585. The maximum absolute atomic E-state index is 11.7. The number of hydrogen-bond donors (Lipinski definition) is 2. The number of carbonyl (C=O) groups excluding carboxylic acids is 1. The van der Waals surface area contributed by atoms with Gasteiger partial charge in [0.05, 0.1) is 13.0 Å². The predicted molar refractivity (Wildman–Crippen MR) is 83.7 cm³/mol. The van der Waals surface area contributed by atoms with Crippen molar-refractivity contribution in [3.05, 3.63) is 53.0 Å². The number of hydrogen-bond acceptors (Lipinski definition) is 3. The Morgan fingerprint density at radius 1 is 1.20 bits per heavy atom. The molecule has 0 aliphatic carbocycles. The zero-order chi connectivity index (χ0) is 14.4. The highest BCUT2D eigenvalue weighted by atomic mass is 79.9. The molecule has 2 rings (SSSR count). The van der Waals surface area contributed by atoms with E-state index in [1.165, 1.54) is 0 Å². The van der Waals surface area contributed by atoms with E-state index in [0.29, 0.717) is 18.0 Å². The van der Waals surface area contributed by atoms with Gasteiger partial charge in [-0.15, -0.1) is 0 Å². The van der Waals surface area contributed by atoms with Gasteiger partial charge in [-0.05, 0) is 42.5 Å². The van der Waals surface area contributed by atoms with E-state index in [9.17, 15) is 4.79 Å². The highest BCUT2D eigenvalue weighted by Crippen LogP contribution is 2.16. The lowest BCUT2D eigenvalue weighted by atomic mass is 10.3. The van der Waals surface area contributed by atoms with Gasteiger partial charge in [-0.3, -0.25) is 4.79 Å². The highest BCUT2D eigenvalue weighted by Gasteiger charge is 2.03. The Hall–Kier alpha value is -2.01. The Balaban J connectivity index is 1.76. The molecule has 20 heavy (non-hydrogen) atoms. The number of anilines is 2. The van der Waals surface area contributed by atoms with E-state index in [4.69, 9.17) is 10.5 Å². The van der Waals surface area contributed by atoms with Crippen LogP contribution in [-0.4, -0.2) is 12.5 Å². The molecule has 0 aromatic heterocycles. The molecule has 0 fully saturated rings. The predicted octanol–water partition coefficient (Wildman–Crippen LogP) is 3.44. The van der Waals surface area contributed by atoms with Gasteiger partial charge in [0.2, 0.25) is 5.91 Å². The molecule has 0 bridgehead atoms. The maximum Gasteiger partial charge on any atom is 0.227 e. The lowest BCUT2D eigenvalue weighted by Gasteiger charge is -2.07. The molecule has 1 amide bonds. The molecule has 0 unspecified atom stereocenters. The first-order valence-corrected chi connectivity index (χ1v) is 6.96. The molecule has 0 heterocycles. The summed E-state index contributed by atoms with van der Waals surface area (Å²) in [6.07, 6.45) is 0.283. The molecule has 0 atom stereocenters. The third-order valence-electron chi connectivity index (χ3n) is 2.58. The minimum Gasteiger partial charge on any atom is -0.493 e. The summed E-state index contributed by atoms with van der Waals surface area (Å²) in [4.78, 5) is 11.7. The van der Waals surface area contributed by atoms with Crippen molar-refractivity contribution >= 4 is 33.2 Å². The average Bonchev–Trinajstić information content (AvgIpc) is 2.41. The van der Waals surface area contributed by atoms with Crippen molar-refractivity contribution in [3.8, 4) is 5.75 Å². The van der Waals surface area contributed by atoms with Crippen LogP contribution in [0.1, 0.15) is 6.42 Å². The van der Waals surface area contributed by atoms with Crippen LogP contribution in [0.3, 0.4) is 0 Å². The molecule has 0 spiro atoms. The normalized spacial score (nSPS) is 10.1. The summed E-state index contributed by atoms with van der Waals surface area (Å²) in [5.74, 6) is 0.637. The average molecular weight is 335 g/mol. The Morgan fingerprint density at radius 2 is 1.95 bits per heavy atom. The van der Waals surface area contributed by atoms with Gasteiger partial charge in [-0.25, -0.2) is 0 Å². The Morgan fingerprint density at radius 3 is 2.65 bits per heavy atom. The van der Waals surface area contributed by atoms with Gasteiger partial charge in [-0.1, -0.05) is 22.0 Å². The number of nitrogens with one attached hydrogen (secondary N) is 1. The number of nitrogens with two attached hydrogens (primary N) is 1. The molecule has 104 valence electrons. The first-order chi connectivity index (χ1) is 9.63. The lowest BCUT2D eigenvalue weighted by molar-refractivity contribution is -0.116. The number of amides is 1. The quantitative estimate of drug-likeness (QED) is 0.823. The van der Waals surface area contributed by atoms with Crippen molar-refractivity contribution in [2.45, 2.75) is 6.42 Å². The maximum atomic E-state index is 11.7. The van der Waals surface area contributed by atoms with Crippen LogP contribution in [-0.2, 0) is 4.79 Å². The van der Waals surface area contributed by atoms with E-state index in [0.717, 1.165) is 10.2 Å². The monoisotopic (exact) mass is 334 g/mol. The van der Waals surface area contributed by atoms with E-state index in [1.54, 1.807) is 24.3 Å². The van der Waals surface area contributed by atoms with E-state index < -0.39 is 0 Å². The first-order valence-electron chi connectivity index (χ1n) is 6.17. The second kappa shape index (κ2) is 6.96. The fourth-order valence-electron chi connectivity index (χ4n) is 1.63. The largest absolute Gasteiger partial charge is 0.493 e. The molecule has 2 aromatic rings. The van der Waals surface area contributed by atoms with Gasteiger partial charge in [0.15, 0.2) is 0 Å². The molecule has 0 radical (unpaired) electrons. The minimum absolute atomic E-state index is 0.104. The topological polar surface area (TPSA) is 64.3 Å². The fourth-order valence-corrected chi connectivity index (χ4v) is 1.90. The Kier molecular flexibility index (Phi) is 5.01. The molecule has 0 saturated heterocycles. The highest BCUT2D eigenvalue weighted by molar-refractivity contribution is 9.10. The zero-order valence-electron chi connectivity index (χ0n) is 10.8. The molecule has 0 saturated carbocycles. The number of benzene rings is 2. The second-order valence-electron chi connectivity index (χ2n) is 4.23. The van der Waals surface area contributed by atoms with Crippen LogP contribution in [0.25, 0.3) is 0 Å². The standard InChI is InChI=1S/C15H15BrN2O2/c16-11-4-6-14(7-5-11)20-9-8-15(19)18-13-3-1-2-12(17)10-13/h1-7,10H,8-9,17H2,(H,18,19). The second-order valence-corrected chi connectivity index (χ2v) is 5.14. The fraction of sp³-hybridized carbons (Fsp3) is 0.133. The molecule has 3 N–H and O–H groups in total. The van der Waals surface area contributed by atoms with Gasteiger partial charge in [0.25, 0.3) is 0 Å². The van der Waals surface area contributed by atoms with Crippen LogP contribution < -0.4 is 15.8 Å². The van der Waals surface area contributed by atoms with Gasteiger partial charge >= 0.3 is 0 Å². The molecule has 4 nitrogen and oxygen atoms in total. The van der Waals surface area contributed by atoms with E-state index in [-0.39, 0.29) is 12.3 Å². The van der Waals surface area contributed by atoms with Crippen molar-refractivity contribution in [2.24, 2.45) is 0 Å². The molecular weight excluding hydrogens is 320 g/mol. The van der Waals surface area contributed by atoms with Crippen LogP contribution in [0.15, 0.2) is 53.0 Å². The van der Waals surface area contributed by atoms with Crippen molar-refractivity contribution in [2.75, 3.05) is 17.7 Å². The third kappa shape index (κ3) is 4.59. The van der Waals surface area contributed by atoms with Gasteiger partial charge in [0.1, 0.15) is 5.75 Å².